The van der Waals surface area contributed by atoms with Gasteiger partial charge in [0.15, 0.2) is 0 Å². The Balaban J connectivity index is 1.86. The molecule has 0 aliphatic heterocycles. The first-order valence-corrected chi connectivity index (χ1v) is 6.82. The number of amides is 1. The fraction of sp³-hybridized carbons (Fsp3) is 0.533. The molecule has 1 fully saturated rings. The Labute approximate surface area is 114 Å². The molecule has 4 heteroatoms. The van der Waals surface area contributed by atoms with Crippen molar-refractivity contribution < 1.29 is 9.53 Å². The zero-order valence-corrected chi connectivity index (χ0v) is 11.7. The highest BCUT2D eigenvalue weighted by Crippen LogP contribution is 2.25. The molecule has 1 aromatic rings. The minimum absolute atomic E-state index is 0.0800. The van der Waals surface area contributed by atoms with Crippen LogP contribution in [0.1, 0.15) is 36.0 Å². The minimum atomic E-state index is 0.0800. The molecule has 104 valence electrons. The van der Waals surface area contributed by atoms with Gasteiger partial charge in [0.05, 0.1) is 13.0 Å². The van der Waals surface area contributed by atoms with E-state index in [2.05, 4.69) is 5.32 Å². The molecule has 0 spiro atoms. The van der Waals surface area contributed by atoms with Gasteiger partial charge in [-0.15, -0.1) is 0 Å². The summed E-state index contributed by atoms with van der Waals surface area (Å²) in [4.78, 5) is 11.5. The lowest BCUT2D eigenvalue weighted by Gasteiger charge is -2.13. The Hall–Kier alpha value is -1.55. The fourth-order valence-corrected chi connectivity index (χ4v) is 2.16. The number of rotatable bonds is 6. The van der Waals surface area contributed by atoms with E-state index in [9.17, 15) is 4.79 Å². The number of ether oxygens (including phenoxy) is 1. The maximum absolute atomic E-state index is 11.5. The number of carbonyl (C=O) groups is 1. The number of benzene rings is 1. The van der Waals surface area contributed by atoms with E-state index < -0.39 is 0 Å². The Morgan fingerprint density at radius 1 is 1.37 bits per heavy atom. The molecular formula is C15H22N2O2. The molecule has 2 rings (SSSR count). The van der Waals surface area contributed by atoms with Crippen LogP contribution in [0, 0.1) is 13.8 Å². The molecule has 3 N–H and O–H groups in total. The van der Waals surface area contributed by atoms with Crippen molar-refractivity contribution in [2.75, 3.05) is 6.61 Å². The summed E-state index contributed by atoms with van der Waals surface area (Å²) < 4.78 is 5.74. The highest BCUT2D eigenvalue weighted by molar-refractivity contribution is 5.76. The van der Waals surface area contributed by atoms with Gasteiger partial charge in [0.1, 0.15) is 5.75 Å². The van der Waals surface area contributed by atoms with Crippen LogP contribution in [0.3, 0.4) is 0 Å². The fourth-order valence-electron chi connectivity index (χ4n) is 2.16. The van der Waals surface area contributed by atoms with E-state index in [1.54, 1.807) is 0 Å². The molecule has 19 heavy (non-hydrogen) atoms. The van der Waals surface area contributed by atoms with Crippen LogP contribution < -0.4 is 15.8 Å². The maximum Gasteiger partial charge on any atom is 0.223 e. The monoisotopic (exact) mass is 262 g/mol. The highest BCUT2D eigenvalue weighted by atomic mass is 16.5. The van der Waals surface area contributed by atoms with Gasteiger partial charge in [0.25, 0.3) is 0 Å². The van der Waals surface area contributed by atoms with Crippen molar-refractivity contribution in [1.82, 2.24) is 5.32 Å². The van der Waals surface area contributed by atoms with Crippen LogP contribution >= 0.6 is 0 Å². The third-order valence-electron chi connectivity index (χ3n) is 3.27. The first kappa shape index (κ1) is 13.9. The predicted molar refractivity (Wildman–Crippen MR) is 75.1 cm³/mol. The lowest BCUT2D eigenvalue weighted by Crippen LogP contribution is -2.26. The molecule has 0 radical (unpaired) electrons. The minimum Gasteiger partial charge on any atom is -0.493 e. The molecular weight excluding hydrogens is 240 g/mol. The van der Waals surface area contributed by atoms with Crippen LogP contribution in [0.25, 0.3) is 0 Å². The maximum atomic E-state index is 11.5. The number of hydrogen-bond donors (Lipinski definition) is 2. The standard InChI is InChI=1S/C15H22N2O2/c1-10-7-12(9-16)8-11(2)15(10)19-6-5-14(18)17-13-3-4-13/h7-8,13H,3-6,9,16H2,1-2H3,(H,17,18). The largest absolute Gasteiger partial charge is 0.493 e. The van der Waals surface area contributed by atoms with E-state index in [4.69, 9.17) is 10.5 Å². The molecule has 0 bridgehead atoms. The Kier molecular flexibility index (Phi) is 4.43. The van der Waals surface area contributed by atoms with E-state index in [-0.39, 0.29) is 5.91 Å². The average molecular weight is 262 g/mol. The van der Waals surface area contributed by atoms with Crippen LogP contribution in [-0.4, -0.2) is 18.6 Å². The zero-order valence-electron chi connectivity index (χ0n) is 11.7. The van der Waals surface area contributed by atoms with Crippen molar-refractivity contribution in [3.05, 3.63) is 28.8 Å². The van der Waals surface area contributed by atoms with Crippen molar-refractivity contribution in [1.29, 1.82) is 0 Å². The normalized spacial score (nSPS) is 14.3. The second-order valence-corrected chi connectivity index (χ2v) is 5.20. The molecule has 1 saturated carbocycles. The van der Waals surface area contributed by atoms with Gasteiger partial charge in [-0.3, -0.25) is 4.79 Å². The number of aryl methyl sites for hydroxylation is 2. The van der Waals surface area contributed by atoms with E-state index in [0.29, 0.717) is 25.6 Å². The van der Waals surface area contributed by atoms with Crippen LogP contribution in [0.5, 0.6) is 5.75 Å². The van der Waals surface area contributed by atoms with Gasteiger partial charge in [0.2, 0.25) is 5.91 Å². The lowest BCUT2D eigenvalue weighted by molar-refractivity contribution is -0.121. The summed E-state index contributed by atoms with van der Waals surface area (Å²) in [5, 5.41) is 2.95. The van der Waals surface area contributed by atoms with E-state index in [1.807, 2.05) is 26.0 Å². The van der Waals surface area contributed by atoms with E-state index in [0.717, 1.165) is 35.3 Å². The Morgan fingerprint density at radius 2 is 2.00 bits per heavy atom. The van der Waals surface area contributed by atoms with Crippen LogP contribution in [0.4, 0.5) is 0 Å². The van der Waals surface area contributed by atoms with E-state index in [1.165, 1.54) is 0 Å². The van der Waals surface area contributed by atoms with Crippen molar-refractivity contribution in [3.8, 4) is 5.75 Å². The zero-order chi connectivity index (χ0) is 13.8. The molecule has 0 aromatic heterocycles. The summed E-state index contributed by atoms with van der Waals surface area (Å²) in [6.45, 7) is 4.96. The molecule has 1 amide bonds. The van der Waals surface area contributed by atoms with Crippen LogP contribution in [-0.2, 0) is 11.3 Å². The summed E-state index contributed by atoms with van der Waals surface area (Å²) in [7, 11) is 0. The first-order valence-electron chi connectivity index (χ1n) is 6.82. The lowest BCUT2D eigenvalue weighted by atomic mass is 10.1. The van der Waals surface area contributed by atoms with Gasteiger partial charge < -0.3 is 15.8 Å². The molecule has 0 saturated heterocycles. The summed E-state index contributed by atoms with van der Waals surface area (Å²) in [5.74, 6) is 0.952. The summed E-state index contributed by atoms with van der Waals surface area (Å²) in [6.07, 6.45) is 2.64. The average Bonchev–Trinajstić information content (AvgIpc) is 3.16. The van der Waals surface area contributed by atoms with Crippen molar-refractivity contribution in [2.45, 2.75) is 45.7 Å². The van der Waals surface area contributed by atoms with Gasteiger partial charge in [-0.05, 0) is 43.4 Å². The molecule has 1 aromatic carbocycles. The number of nitrogens with two attached hydrogens (primary N) is 1. The van der Waals surface area contributed by atoms with Crippen molar-refractivity contribution >= 4 is 5.91 Å². The Morgan fingerprint density at radius 3 is 2.53 bits per heavy atom. The van der Waals surface area contributed by atoms with Crippen LogP contribution in [0.15, 0.2) is 12.1 Å². The topological polar surface area (TPSA) is 64.3 Å². The third kappa shape index (κ3) is 3.96. The summed E-state index contributed by atoms with van der Waals surface area (Å²) in [6, 6.07) is 4.49. The quantitative estimate of drug-likeness (QED) is 0.821. The third-order valence-corrected chi connectivity index (χ3v) is 3.27. The SMILES string of the molecule is Cc1cc(CN)cc(C)c1OCCC(=O)NC1CC1. The van der Waals surface area contributed by atoms with Crippen LogP contribution in [0.2, 0.25) is 0 Å². The molecule has 4 nitrogen and oxygen atoms in total. The van der Waals surface area contributed by atoms with Gasteiger partial charge in [0, 0.05) is 12.6 Å². The first-order chi connectivity index (χ1) is 9.10. The van der Waals surface area contributed by atoms with E-state index >= 15 is 0 Å². The van der Waals surface area contributed by atoms with Gasteiger partial charge in [-0.1, -0.05) is 12.1 Å². The van der Waals surface area contributed by atoms with Gasteiger partial charge >= 0.3 is 0 Å². The molecule has 0 atom stereocenters. The van der Waals surface area contributed by atoms with Crippen molar-refractivity contribution in [2.24, 2.45) is 5.73 Å². The highest BCUT2D eigenvalue weighted by Gasteiger charge is 2.22. The van der Waals surface area contributed by atoms with Gasteiger partial charge in [-0.2, -0.15) is 0 Å². The summed E-state index contributed by atoms with van der Waals surface area (Å²) >= 11 is 0. The number of nitrogens with one attached hydrogen (secondary N) is 1. The van der Waals surface area contributed by atoms with Crippen molar-refractivity contribution in [3.63, 3.8) is 0 Å². The smallest absolute Gasteiger partial charge is 0.223 e. The van der Waals surface area contributed by atoms with Gasteiger partial charge in [-0.25, -0.2) is 0 Å². The molecule has 0 heterocycles. The molecule has 1 aliphatic carbocycles. The Bertz CT molecular complexity index is 444. The number of hydrogen-bond acceptors (Lipinski definition) is 3. The molecule has 1 aliphatic rings. The molecule has 0 unspecified atom stereocenters. The second kappa shape index (κ2) is 6.06. The predicted octanol–water partition coefficient (Wildman–Crippen LogP) is 1.81. The second-order valence-electron chi connectivity index (χ2n) is 5.20. The summed E-state index contributed by atoms with van der Waals surface area (Å²) in [5.41, 5.74) is 8.89. The number of carbonyl (C=O) groups excluding carboxylic acids is 1.